The number of rotatable bonds is 6. The first kappa shape index (κ1) is 26.8. The molecule has 1 saturated carbocycles. The maximum absolute atomic E-state index is 14.0. The van der Waals surface area contributed by atoms with Crippen LogP contribution in [0.15, 0.2) is 39.8 Å². The van der Waals surface area contributed by atoms with E-state index in [9.17, 15) is 9.59 Å². The van der Waals surface area contributed by atoms with Crippen LogP contribution in [0, 0.1) is 17.8 Å². The number of nitrogens with zero attached hydrogens (tertiary/aromatic N) is 1. The zero-order valence-corrected chi connectivity index (χ0v) is 24.0. The van der Waals surface area contributed by atoms with E-state index in [0.717, 1.165) is 19.3 Å². The van der Waals surface area contributed by atoms with Crippen molar-refractivity contribution in [2.24, 2.45) is 17.8 Å². The topological polar surface area (TPSA) is 78.6 Å². The molecule has 4 atom stereocenters. The zero-order chi connectivity index (χ0) is 26.5. The lowest BCUT2D eigenvalue weighted by molar-refractivity contribution is -0.113. The minimum absolute atomic E-state index is 0.0197. The van der Waals surface area contributed by atoms with Crippen molar-refractivity contribution in [2.75, 3.05) is 0 Å². The van der Waals surface area contributed by atoms with Crippen LogP contribution >= 0.6 is 0 Å². The first-order valence-corrected chi connectivity index (χ1v) is 16.2. The predicted octanol–water partition coefficient (Wildman–Crippen LogP) is 6.89. The molecule has 0 amide bonds. The number of hydrogen-bond acceptors (Lipinski definition) is 6. The molecule has 4 rings (SSSR count). The number of carbonyl (C=O) groups excluding carboxylic acids is 1. The van der Waals surface area contributed by atoms with E-state index in [4.69, 9.17) is 13.6 Å². The Labute approximate surface area is 215 Å². The van der Waals surface area contributed by atoms with Gasteiger partial charge in [-0.05, 0) is 61.9 Å². The molecule has 0 saturated heterocycles. The summed E-state index contributed by atoms with van der Waals surface area (Å²) in [4.78, 5) is 31.2. The molecule has 2 aliphatic rings. The van der Waals surface area contributed by atoms with Gasteiger partial charge in [0.15, 0.2) is 14.1 Å². The van der Waals surface area contributed by atoms with Gasteiger partial charge in [-0.25, -0.2) is 4.79 Å². The molecule has 2 aromatic heterocycles. The molecule has 0 bridgehead atoms. The second kappa shape index (κ2) is 9.56. The van der Waals surface area contributed by atoms with Crippen molar-refractivity contribution >= 4 is 14.1 Å². The number of Topliss-reactive ketones (excluding diaryl/α,β-unsaturated/α-hetero) is 1. The van der Waals surface area contributed by atoms with Gasteiger partial charge in [-0.3, -0.25) is 9.78 Å². The molecule has 0 aromatic carbocycles. The van der Waals surface area contributed by atoms with Crippen LogP contribution in [0.3, 0.4) is 0 Å². The maximum atomic E-state index is 14.0. The summed E-state index contributed by atoms with van der Waals surface area (Å²) in [5, 5.41) is 0.0197. The summed E-state index contributed by atoms with van der Waals surface area (Å²) < 4.78 is 19.3. The van der Waals surface area contributed by atoms with Crippen LogP contribution in [-0.2, 0) is 4.43 Å². The summed E-state index contributed by atoms with van der Waals surface area (Å²) in [5.74, 6) is 0.839. The molecule has 1 fully saturated rings. The van der Waals surface area contributed by atoms with Crippen LogP contribution in [0.4, 0.5) is 0 Å². The molecule has 6 nitrogen and oxygen atoms in total. The SMILES string of the molecule is CCC(CC)[C@@H]1C[C@H](O[Si](C)(C)C(C)(C)C)[C@@]2(C)Oc3cc(-c4cccnc4)oc(=O)c3C(=O)[C@@H]2C1. The van der Waals surface area contributed by atoms with Gasteiger partial charge in [0.05, 0.1) is 12.0 Å². The predicted molar refractivity (Wildman–Crippen MR) is 144 cm³/mol. The van der Waals surface area contributed by atoms with Crippen molar-refractivity contribution in [3.05, 3.63) is 46.6 Å². The van der Waals surface area contributed by atoms with E-state index in [-0.39, 0.29) is 22.5 Å². The molecule has 0 unspecified atom stereocenters. The lowest BCUT2D eigenvalue weighted by atomic mass is 9.63. The number of fused-ring (bicyclic) bond motifs is 2. The molecule has 3 heterocycles. The van der Waals surface area contributed by atoms with E-state index in [1.54, 1.807) is 24.5 Å². The third-order valence-corrected chi connectivity index (χ3v) is 13.6. The van der Waals surface area contributed by atoms with E-state index < -0.39 is 25.5 Å². The summed E-state index contributed by atoms with van der Waals surface area (Å²) in [5.41, 5.74) is -0.819. The first-order valence-electron chi connectivity index (χ1n) is 13.3. The highest BCUT2D eigenvalue weighted by atomic mass is 28.4. The molecule has 0 radical (unpaired) electrons. The minimum Gasteiger partial charge on any atom is -0.483 e. The highest BCUT2D eigenvalue weighted by molar-refractivity contribution is 6.74. The van der Waals surface area contributed by atoms with Gasteiger partial charge in [0.2, 0.25) is 0 Å². The summed E-state index contributed by atoms with van der Waals surface area (Å²) in [6.07, 6.45) is 6.71. The highest BCUT2D eigenvalue weighted by Crippen LogP contribution is 2.51. The van der Waals surface area contributed by atoms with Crippen molar-refractivity contribution in [2.45, 2.75) is 97.1 Å². The number of ketones is 1. The standard InChI is InChI=1S/C29H41NO5Si/c1-9-18(10-2)20-14-21-26(31)25-23(16-22(33-27(25)32)19-12-11-13-30-17-19)34-29(21,6)24(15-20)35-36(7,8)28(3,4)5/h11-13,16-18,20-21,24H,9-10,14-15H2,1-8H3/t20-,21-,24-,29-/m0/s1. The van der Waals surface area contributed by atoms with Gasteiger partial charge < -0.3 is 13.6 Å². The first-order chi connectivity index (χ1) is 16.8. The van der Waals surface area contributed by atoms with Crippen LogP contribution in [0.1, 0.15) is 77.6 Å². The van der Waals surface area contributed by atoms with Gasteiger partial charge in [0.1, 0.15) is 22.7 Å². The number of carbonyl (C=O) groups is 1. The number of ether oxygens (including phenoxy) is 1. The Morgan fingerprint density at radius 2 is 1.89 bits per heavy atom. The lowest BCUT2D eigenvalue weighted by Crippen LogP contribution is -2.64. The minimum atomic E-state index is -2.17. The second-order valence-corrected chi connectivity index (χ2v) is 17.0. The molecule has 0 spiro atoms. The Morgan fingerprint density at radius 3 is 2.47 bits per heavy atom. The van der Waals surface area contributed by atoms with E-state index in [1.807, 2.05) is 13.0 Å². The Hall–Kier alpha value is -2.25. The van der Waals surface area contributed by atoms with Crippen molar-refractivity contribution < 1.29 is 18.4 Å². The van der Waals surface area contributed by atoms with Crippen LogP contribution in [0.25, 0.3) is 11.3 Å². The quantitative estimate of drug-likeness (QED) is 0.393. The fraction of sp³-hybridized carbons (Fsp3) is 0.621. The largest absolute Gasteiger partial charge is 0.483 e. The molecular weight excluding hydrogens is 470 g/mol. The number of hydrogen-bond donors (Lipinski definition) is 0. The van der Waals surface area contributed by atoms with E-state index >= 15 is 0 Å². The molecule has 196 valence electrons. The normalized spacial score (nSPS) is 26.4. The fourth-order valence-corrected chi connectivity index (χ4v) is 7.14. The van der Waals surface area contributed by atoms with Crippen LogP contribution in [-0.4, -0.2) is 30.8 Å². The van der Waals surface area contributed by atoms with E-state index in [2.05, 4.69) is 52.7 Å². The zero-order valence-electron chi connectivity index (χ0n) is 23.0. The van der Waals surface area contributed by atoms with Crippen molar-refractivity contribution in [1.82, 2.24) is 4.98 Å². The second-order valence-electron chi connectivity index (χ2n) is 12.3. The summed E-state index contributed by atoms with van der Waals surface area (Å²) in [6, 6.07) is 5.26. The third-order valence-electron chi connectivity index (χ3n) is 9.10. The molecule has 2 aromatic rings. The molecular formula is C29H41NO5Si. The molecule has 36 heavy (non-hydrogen) atoms. The monoisotopic (exact) mass is 511 g/mol. The van der Waals surface area contributed by atoms with Gasteiger partial charge >= 0.3 is 5.63 Å². The van der Waals surface area contributed by atoms with Crippen molar-refractivity contribution in [1.29, 1.82) is 0 Å². The maximum Gasteiger partial charge on any atom is 0.351 e. The Kier molecular flexibility index (Phi) is 7.12. The van der Waals surface area contributed by atoms with Gasteiger partial charge in [-0.2, -0.15) is 0 Å². The van der Waals surface area contributed by atoms with Gasteiger partial charge in [-0.15, -0.1) is 0 Å². The van der Waals surface area contributed by atoms with E-state index in [1.165, 1.54) is 0 Å². The van der Waals surface area contributed by atoms with Crippen LogP contribution < -0.4 is 10.4 Å². The Balaban J connectivity index is 1.82. The Bertz CT molecular complexity index is 1160. The third kappa shape index (κ3) is 4.60. The molecule has 0 N–H and O–H groups in total. The molecule has 1 aliphatic carbocycles. The van der Waals surface area contributed by atoms with Gasteiger partial charge in [0, 0.05) is 24.0 Å². The number of pyridine rings is 1. The summed E-state index contributed by atoms with van der Waals surface area (Å²) in [7, 11) is -2.17. The number of aromatic nitrogens is 1. The van der Waals surface area contributed by atoms with Crippen molar-refractivity contribution in [3.8, 4) is 17.1 Å². The summed E-state index contributed by atoms with van der Waals surface area (Å²) >= 11 is 0. The molecule has 7 heteroatoms. The highest BCUT2D eigenvalue weighted by Gasteiger charge is 2.59. The Morgan fingerprint density at radius 1 is 1.19 bits per heavy atom. The van der Waals surface area contributed by atoms with Gasteiger partial charge in [0.25, 0.3) is 0 Å². The average Bonchev–Trinajstić information content (AvgIpc) is 2.80. The molecule has 1 aliphatic heterocycles. The summed E-state index contributed by atoms with van der Waals surface area (Å²) in [6.45, 7) is 17.6. The average molecular weight is 512 g/mol. The van der Waals surface area contributed by atoms with Crippen LogP contribution in [0.5, 0.6) is 5.75 Å². The van der Waals surface area contributed by atoms with Gasteiger partial charge in [-0.1, -0.05) is 47.5 Å². The van der Waals surface area contributed by atoms with E-state index in [0.29, 0.717) is 35.3 Å². The lowest BCUT2D eigenvalue weighted by Gasteiger charge is -2.54. The van der Waals surface area contributed by atoms with Crippen molar-refractivity contribution in [3.63, 3.8) is 0 Å². The van der Waals surface area contributed by atoms with Crippen LogP contribution in [0.2, 0.25) is 18.1 Å². The fourth-order valence-electron chi connectivity index (χ4n) is 5.74. The smallest absolute Gasteiger partial charge is 0.351 e.